The highest BCUT2D eigenvalue weighted by molar-refractivity contribution is 5.89. The molecule has 2 aromatic carbocycles. The molecule has 0 atom stereocenters. The second-order valence-electron chi connectivity index (χ2n) is 6.03. The summed E-state index contributed by atoms with van der Waals surface area (Å²) in [6.45, 7) is 5.97. The minimum absolute atomic E-state index is 0.308. The van der Waals surface area contributed by atoms with Crippen LogP contribution in [-0.2, 0) is 15.1 Å². The number of esters is 1. The van der Waals surface area contributed by atoms with Crippen LogP contribution >= 0.6 is 0 Å². The normalized spacial score (nSPS) is 17.4. The second-order valence-corrected chi connectivity index (χ2v) is 6.03. The maximum atomic E-state index is 11.9. The first-order chi connectivity index (χ1) is 10.5. The smallest absolute Gasteiger partial charge is 0.332 e. The lowest BCUT2D eigenvalue weighted by molar-refractivity contribution is -0.144. The largest absolute Gasteiger partial charge is 0.456 e. The Kier molecular flexibility index (Phi) is 2.52. The van der Waals surface area contributed by atoms with Gasteiger partial charge in [0.05, 0.1) is 0 Å². The zero-order chi connectivity index (χ0) is 15.5. The van der Waals surface area contributed by atoms with Gasteiger partial charge in [0.15, 0.2) is 5.60 Å². The Bertz CT molecular complexity index is 794. The number of benzene rings is 2. The van der Waals surface area contributed by atoms with E-state index in [4.69, 9.17) is 9.47 Å². The maximum absolute atomic E-state index is 11.9. The summed E-state index contributed by atoms with van der Waals surface area (Å²) in [5, 5.41) is 0. The van der Waals surface area contributed by atoms with Crippen molar-refractivity contribution in [3.8, 4) is 11.5 Å². The number of ether oxygens (including phenoxy) is 2. The Balaban J connectivity index is 2.07. The molecular formula is C19H16O3. The molecule has 2 aliphatic rings. The van der Waals surface area contributed by atoms with Gasteiger partial charge in [-0.2, -0.15) is 0 Å². The number of carbonyl (C=O) groups is 1. The number of hydrogen-bond donors (Lipinski definition) is 0. The lowest BCUT2D eigenvalue weighted by Gasteiger charge is -2.37. The minimum atomic E-state index is -0.860. The van der Waals surface area contributed by atoms with E-state index in [1.807, 2.05) is 57.2 Å². The predicted octanol–water partition coefficient (Wildman–Crippen LogP) is 4.16. The van der Waals surface area contributed by atoms with Crippen molar-refractivity contribution < 1.29 is 14.3 Å². The molecule has 0 amide bonds. The number of hydrogen-bond acceptors (Lipinski definition) is 3. The summed E-state index contributed by atoms with van der Waals surface area (Å²) in [5.74, 6) is 1.19. The number of fused-ring (bicyclic) bond motifs is 4. The van der Waals surface area contributed by atoms with Crippen molar-refractivity contribution in [1.29, 1.82) is 0 Å². The first-order valence-electron chi connectivity index (χ1n) is 7.32. The highest BCUT2D eigenvalue weighted by atomic mass is 16.6. The van der Waals surface area contributed by atoms with Crippen LogP contribution in [-0.4, -0.2) is 5.97 Å². The van der Waals surface area contributed by atoms with Gasteiger partial charge in [0.1, 0.15) is 11.5 Å². The van der Waals surface area contributed by atoms with Gasteiger partial charge in [-0.3, -0.25) is 0 Å². The summed E-state index contributed by atoms with van der Waals surface area (Å²) < 4.78 is 11.9. The number of rotatable bonds is 0. The fraction of sp³-hybridized carbons (Fsp3) is 0.211. The van der Waals surface area contributed by atoms with Crippen molar-refractivity contribution in [2.75, 3.05) is 0 Å². The van der Waals surface area contributed by atoms with E-state index in [0.29, 0.717) is 0 Å². The van der Waals surface area contributed by atoms with Crippen molar-refractivity contribution in [1.82, 2.24) is 0 Å². The van der Waals surface area contributed by atoms with Crippen molar-refractivity contribution in [2.45, 2.75) is 26.4 Å². The van der Waals surface area contributed by atoms with Gasteiger partial charge in [-0.05, 0) is 49.6 Å². The fourth-order valence-corrected chi connectivity index (χ4v) is 3.35. The lowest BCUT2D eigenvalue weighted by Crippen LogP contribution is -2.33. The third-order valence-electron chi connectivity index (χ3n) is 4.40. The van der Waals surface area contributed by atoms with Crippen LogP contribution in [0.25, 0.3) is 0 Å². The SMILES string of the molecule is CC1=CC(=O)OC12c1ccc(C)cc1Oc1cc(C)ccc12. The first kappa shape index (κ1) is 13.1. The average Bonchev–Trinajstić information content (AvgIpc) is 2.74. The van der Waals surface area contributed by atoms with Crippen LogP contribution in [0.1, 0.15) is 29.2 Å². The number of aryl methyl sites for hydroxylation is 2. The van der Waals surface area contributed by atoms with E-state index in [2.05, 4.69) is 0 Å². The molecular weight excluding hydrogens is 276 g/mol. The molecule has 2 aromatic rings. The van der Waals surface area contributed by atoms with E-state index < -0.39 is 5.60 Å². The van der Waals surface area contributed by atoms with Gasteiger partial charge in [-0.1, -0.05) is 24.3 Å². The molecule has 0 unspecified atom stereocenters. The van der Waals surface area contributed by atoms with E-state index in [0.717, 1.165) is 39.3 Å². The van der Waals surface area contributed by atoms with Crippen molar-refractivity contribution >= 4 is 5.97 Å². The van der Waals surface area contributed by atoms with Crippen LogP contribution in [0.4, 0.5) is 0 Å². The number of carbonyl (C=O) groups excluding carboxylic acids is 1. The molecule has 0 fully saturated rings. The minimum Gasteiger partial charge on any atom is -0.456 e. The van der Waals surface area contributed by atoms with Gasteiger partial charge >= 0.3 is 5.97 Å². The van der Waals surface area contributed by atoms with Crippen LogP contribution in [0, 0.1) is 13.8 Å². The topological polar surface area (TPSA) is 35.5 Å². The molecule has 0 saturated carbocycles. The van der Waals surface area contributed by atoms with Gasteiger partial charge in [0, 0.05) is 17.2 Å². The molecule has 3 heteroatoms. The molecule has 0 saturated heterocycles. The van der Waals surface area contributed by atoms with Crippen LogP contribution in [0.15, 0.2) is 48.0 Å². The van der Waals surface area contributed by atoms with Gasteiger partial charge in [0.25, 0.3) is 0 Å². The molecule has 0 radical (unpaired) electrons. The van der Waals surface area contributed by atoms with Gasteiger partial charge in [0.2, 0.25) is 0 Å². The Morgan fingerprint density at radius 3 is 1.86 bits per heavy atom. The van der Waals surface area contributed by atoms with Crippen LogP contribution in [0.5, 0.6) is 11.5 Å². The molecule has 0 bridgehead atoms. The van der Waals surface area contributed by atoms with E-state index in [1.165, 1.54) is 0 Å². The van der Waals surface area contributed by atoms with E-state index in [9.17, 15) is 4.79 Å². The Morgan fingerprint density at radius 1 is 0.864 bits per heavy atom. The average molecular weight is 292 g/mol. The quantitative estimate of drug-likeness (QED) is 0.684. The van der Waals surface area contributed by atoms with Crippen molar-refractivity contribution in [3.05, 3.63) is 70.3 Å². The van der Waals surface area contributed by atoms with E-state index >= 15 is 0 Å². The summed E-state index contributed by atoms with van der Waals surface area (Å²) in [4.78, 5) is 11.9. The van der Waals surface area contributed by atoms with Gasteiger partial charge < -0.3 is 9.47 Å². The lowest BCUT2D eigenvalue weighted by atomic mass is 9.78. The third kappa shape index (κ3) is 1.59. The summed E-state index contributed by atoms with van der Waals surface area (Å²) in [5.41, 5.74) is 4.01. The molecule has 0 N–H and O–H groups in total. The van der Waals surface area contributed by atoms with Crippen LogP contribution in [0.2, 0.25) is 0 Å². The highest BCUT2D eigenvalue weighted by Crippen LogP contribution is 2.54. The molecule has 0 aliphatic carbocycles. The van der Waals surface area contributed by atoms with Crippen molar-refractivity contribution in [2.24, 2.45) is 0 Å². The summed E-state index contributed by atoms with van der Waals surface area (Å²) in [6, 6.07) is 12.0. The monoisotopic (exact) mass is 292 g/mol. The molecule has 1 spiro atoms. The van der Waals surface area contributed by atoms with Crippen LogP contribution < -0.4 is 4.74 Å². The Morgan fingerprint density at radius 2 is 1.41 bits per heavy atom. The molecule has 110 valence electrons. The predicted molar refractivity (Wildman–Crippen MR) is 83.1 cm³/mol. The molecule has 3 nitrogen and oxygen atoms in total. The standard InChI is InChI=1S/C19H16O3/c1-11-4-6-14-16(8-11)21-17-9-12(2)5-7-15(17)19(14)13(3)10-18(20)22-19/h4-10H,1-3H3. The third-order valence-corrected chi connectivity index (χ3v) is 4.40. The first-order valence-corrected chi connectivity index (χ1v) is 7.32. The maximum Gasteiger partial charge on any atom is 0.332 e. The van der Waals surface area contributed by atoms with E-state index in [-0.39, 0.29) is 5.97 Å². The van der Waals surface area contributed by atoms with E-state index in [1.54, 1.807) is 6.08 Å². The molecule has 22 heavy (non-hydrogen) atoms. The Hall–Kier alpha value is -2.55. The van der Waals surface area contributed by atoms with Gasteiger partial charge in [-0.15, -0.1) is 0 Å². The fourth-order valence-electron chi connectivity index (χ4n) is 3.35. The second kappa shape index (κ2) is 4.23. The molecule has 2 aliphatic heterocycles. The molecule has 2 heterocycles. The zero-order valence-corrected chi connectivity index (χ0v) is 12.8. The van der Waals surface area contributed by atoms with Crippen molar-refractivity contribution in [3.63, 3.8) is 0 Å². The highest BCUT2D eigenvalue weighted by Gasteiger charge is 2.50. The summed E-state index contributed by atoms with van der Waals surface area (Å²) >= 11 is 0. The summed E-state index contributed by atoms with van der Waals surface area (Å²) in [6.07, 6.45) is 1.57. The Labute approximate surface area is 129 Å². The molecule has 0 aromatic heterocycles. The zero-order valence-electron chi connectivity index (χ0n) is 12.8. The molecule has 4 rings (SSSR count). The van der Waals surface area contributed by atoms with Gasteiger partial charge in [-0.25, -0.2) is 4.79 Å². The van der Waals surface area contributed by atoms with Crippen LogP contribution in [0.3, 0.4) is 0 Å². The summed E-state index contributed by atoms with van der Waals surface area (Å²) in [7, 11) is 0.